The van der Waals surface area contributed by atoms with Crippen molar-refractivity contribution in [2.45, 2.75) is 0 Å². The number of aliphatic hydroxyl groups is 1. The fourth-order valence-corrected chi connectivity index (χ4v) is 2.18. The summed E-state index contributed by atoms with van der Waals surface area (Å²) in [7, 11) is 0. The minimum Gasteiger partial charge on any atom is -0.515 e. The fraction of sp³-hybridized carbons (Fsp3) is 0. The van der Waals surface area contributed by atoms with Gasteiger partial charge < -0.3 is 13.9 Å². The highest BCUT2D eigenvalue weighted by atomic mass is 16.4. The topological polar surface area (TPSA) is 72.3 Å². The molecule has 0 saturated heterocycles. The first-order chi connectivity index (χ1) is 10.3. The summed E-state index contributed by atoms with van der Waals surface area (Å²) in [6.45, 7) is 0. The third-order valence-corrected chi connectivity index (χ3v) is 3.18. The van der Waals surface area contributed by atoms with Gasteiger partial charge in [0.2, 0.25) is 11.8 Å². The maximum Gasteiger partial charge on any atom is 0.235 e. The number of nitrogens with zero attached hydrogens (tertiary/aromatic N) is 2. The summed E-state index contributed by atoms with van der Waals surface area (Å²) < 4.78 is 11.3. The van der Waals surface area contributed by atoms with E-state index in [2.05, 4.69) is 9.97 Å². The standard InChI is InChI=1S/C16H10N2O3/c19-9-10(15-17-11-5-1-3-7-13(11)20-15)16-18-12-6-2-4-8-14(12)21-16/h1-9,19H. The quantitative estimate of drug-likeness (QED) is 0.563. The third-order valence-electron chi connectivity index (χ3n) is 3.18. The molecule has 0 aliphatic heterocycles. The Balaban J connectivity index is 1.87. The highest BCUT2D eigenvalue weighted by molar-refractivity contribution is 5.81. The molecule has 4 aromatic rings. The average Bonchev–Trinajstić information content (AvgIpc) is 3.11. The zero-order chi connectivity index (χ0) is 14.2. The van der Waals surface area contributed by atoms with Gasteiger partial charge in [-0.2, -0.15) is 0 Å². The normalized spacial score (nSPS) is 11.0. The summed E-state index contributed by atoms with van der Waals surface area (Å²) in [5, 5.41) is 9.52. The van der Waals surface area contributed by atoms with Crippen LogP contribution in [0.1, 0.15) is 11.8 Å². The first kappa shape index (κ1) is 11.7. The van der Waals surface area contributed by atoms with E-state index in [9.17, 15) is 5.11 Å². The molecular weight excluding hydrogens is 268 g/mol. The van der Waals surface area contributed by atoms with Crippen molar-refractivity contribution in [1.29, 1.82) is 0 Å². The molecule has 0 aliphatic rings. The number of oxazole rings is 2. The van der Waals surface area contributed by atoms with Crippen LogP contribution in [0, 0.1) is 0 Å². The molecule has 0 bridgehead atoms. The number of fused-ring (bicyclic) bond motifs is 2. The van der Waals surface area contributed by atoms with Gasteiger partial charge in [-0.25, -0.2) is 9.97 Å². The number of aromatic nitrogens is 2. The molecule has 102 valence electrons. The SMILES string of the molecule is OC=C(c1nc2ccccc2o1)c1nc2ccccc2o1. The molecule has 0 unspecified atom stereocenters. The maximum absolute atomic E-state index is 9.52. The van der Waals surface area contributed by atoms with E-state index in [0.717, 1.165) is 6.26 Å². The molecule has 5 heteroatoms. The second-order valence-corrected chi connectivity index (χ2v) is 4.52. The lowest BCUT2D eigenvalue weighted by Crippen LogP contribution is -1.88. The van der Waals surface area contributed by atoms with Gasteiger partial charge in [-0.15, -0.1) is 0 Å². The van der Waals surface area contributed by atoms with Gasteiger partial charge in [0.25, 0.3) is 0 Å². The molecule has 0 radical (unpaired) electrons. The molecule has 2 aromatic carbocycles. The maximum atomic E-state index is 9.52. The Hall–Kier alpha value is -3.08. The summed E-state index contributed by atoms with van der Waals surface area (Å²) in [5.74, 6) is 0.538. The average molecular weight is 278 g/mol. The molecule has 0 aliphatic carbocycles. The van der Waals surface area contributed by atoms with Gasteiger partial charge in [-0.3, -0.25) is 0 Å². The molecule has 2 aromatic heterocycles. The second kappa shape index (κ2) is 4.49. The van der Waals surface area contributed by atoms with Gasteiger partial charge >= 0.3 is 0 Å². The van der Waals surface area contributed by atoms with Crippen molar-refractivity contribution in [3.8, 4) is 0 Å². The van der Waals surface area contributed by atoms with Gasteiger partial charge in [0.05, 0.1) is 6.26 Å². The van der Waals surface area contributed by atoms with Gasteiger partial charge in [-0.05, 0) is 24.3 Å². The van der Waals surface area contributed by atoms with Crippen LogP contribution in [-0.2, 0) is 0 Å². The Morgan fingerprint density at radius 1 is 0.810 bits per heavy atom. The van der Waals surface area contributed by atoms with Crippen LogP contribution in [0.5, 0.6) is 0 Å². The Kier molecular flexibility index (Phi) is 2.50. The van der Waals surface area contributed by atoms with Crippen LogP contribution in [0.3, 0.4) is 0 Å². The summed E-state index contributed by atoms with van der Waals surface area (Å²) >= 11 is 0. The number of hydrogen-bond acceptors (Lipinski definition) is 5. The van der Waals surface area contributed by atoms with Crippen LogP contribution < -0.4 is 0 Å². The van der Waals surface area contributed by atoms with E-state index in [1.807, 2.05) is 48.5 Å². The van der Waals surface area contributed by atoms with Crippen molar-refractivity contribution >= 4 is 27.8 Å². The van der Waals surface area contributed by atoms with E-state index in [4.69, 9.17) is 8.83 Å². The lowest BCUT2D eigenvalue weighted by atomic mass is 10.3. The molecule has 0 fully saturated rings. The summed E-state index contributed by atoms with van der Waals surface area (Å²) in [6, 6.07) is 14.8. The molecule has 5 nitrogen and oxygen atoms in total. The second-order valence-electron chi connectivity index (χ2n) is 4.52. The van der Waals surface area contributed by atoms with E-state index < -0.39 is 0 Å². The Bertz CT molecular complexity index is 824. The molecule has 0 spiro atoms. The van der Waals surface area contributed by atoms with Crippen molar-refractivity contribution < 1.29 is 13.9 Å². The number of rotatable bonds is 2. The highest BCUT2D eigenvalue weighted by Gasteiger charge is 2.18. The largest absolute Gasteiger partial charge is 0.515 e. The van der Waals surface area contributed by atoms with Gasteiger partial charge in [0.1, 0.15) is 16.6 Å². The zero-order valence-electron chi connectivity index (χ0n) is 10.9. The molecular formula is C16H10N2O3. The van der Waals surface area contributed by atoms with Crippen molar-refractivity contribution in [3.63, 3.8) is 0 Å². The van der Waals surface area contributed by atoms with Gasteiger partial charge in [-0.1, -0.05) is 24.3 Å². The molecule has 0 amide bonds. The van der Waals surface area contributed by atoms with Crippen LogP contribution >= 0.6 is 0 Å². The molecule has 4 rings (SSSR count). The number of aliphatic hydroxyl groups excluding tert-OH is 1. The van der Waals surface area contributed by atoms with Gasteiger partial charge in [0.15, 0.2) is 11.2 Å². The fourth-order valence-electron chi connectivity index (χ4n) is 2.18. The van der Waals surface area contributed by atoms with Crippen molar-refractivity contribution in [3.05, 3.63) is 66.6 Å². The van der Waals surface area contributed by atoms with Crippen molar-refractivity contribution in [2.24, 2.45) is 0 Å². The Morgan fingerprint density at radius 2 is 1.29 bits per heavy atom. The smallest absolute Gasteiger partial charge is 0.235 e. The van der Waals surface area contributed by atoms with Crippen LogP contribution in [0.4, 0.5) is 0 Å². The van der Waals surface area contributed by atoms with E-state index in [-0.39, 0.29) is 11.8 Å². The minimum atomic E-state index is 0.269. The van der Waals surface area contributed by atoms with Crippen LogP contribution in [0.25, 0.3) is 27.8 Å². The Labute approximate surface area is 119 Å². The third kappa shape index (κ3) is 1.87. The lowest BCUT2D eigenvalue weighted by molar-refractivity contribution is 0.467. The molecule has 0 saturated carbocycles. The zero-order valence-corrected chi connectivity index (χ0v) is 10.9. The van der Waals surface area contributed by atoms with Crippen LogP contribution in [0.2, 0.25) is 0 Å². The minimum absolute atomic E-state index is 0.269. The van der Waals surface area contributed by atoms with Crippen LogP contribution in [-0.4, -0.2) is 15.1 Å². The summed E-state index contributed by atoms with van der Waals surface area (Å²) in [6.07, 6.45) is 0.898. The number of para-hydroxylation sites is 4. The molecule has 21 heavy (non-hydrogen) atoms. The van der Waals surface area contributed by atoms with E-state index in [1.54, 1.807) is 0 Å². The molecule has 0 atom stereocenters. The molecule has 1 N–H and O–H groups in total. The molecule has 2 heterocycles. The van der Waals surface area contributed by atoms with Crippen molar-refractivity contribution in [2.75, 3.05) is 0 Å². The highest BCUT2D eigenvalue weighted by Crippen LogP contribution is 2.27. The summed E-state index contributed by atoms with van der Waals surface area (Å²) in [5.41, 5.74) is 3.01. The van der Waals surface area contributed by atoms with E-state index in [0.29, 0.717) is 27.8 Å². The van der Waals surface area contributed by atoms with Crippen LogP contribution in [0.15, 0.2) is 63.6 Å². The predicted octanol–water partition coefficient (Wildman–Crippen LogP) is 3.92. The number of benzene rings is 2. The first-order valence-corrected chi connectivity index (χ1v) is 6.41. The number of hydrogen-bond donors (Lipinski definition) is 1. The van der Waals surface area contributed by atoms with Crippen molar-refractivity contribution in [1.82, 2.24) is 9.97 Å². The monoisotopic (exact) mass is 278 g/mol. The lowest BCUT2D eigenvalue weighted by Gasteiger charge is -1.94. The first-order valence-electron chi connectivity index (χ1n) is 6.41. The van der Waals surface area contributed by atoms with E-state index in [1.165, 1.54) is 0 Å². The Morgan fingerprint density at radius 3 is 1.71 bits per heavy atom. The predicted molar refractivity (Wildman–Crippen MR) is 77.7 cm³/mol. The van der Waals surface area contributed by atoms with Gasteiger partial charge in [0, 0.05) is 0 Å². The van der Waals surface area contributed by atoms with E-state index >= 15 is 0 Å². The summed E-state index contributed by atoms with van der Waals surface area (Å²) in [4.78, 5) is 8.67.